The molecule has 2 aliphatic heterocycles. The van der Waals surface area contributed by atoms with E-state index in [4.69, 9.17) is 0 Å². The SMILES string of the molecule is Cc1cccc2c1N(C(=O)c1cccc(S(=O)(=O)N3CCCCC3)c1)CCC2. The number of amides is 1. The quantitative estimate of drug-likeness (QED) is 0.791. The highest BCUT2D eigenvalue weighted by atomic mass is 32.2. The number of sulfonamides is 1. The van der Waals surface area contributed by atoms with Gasteiger partial charge in [-0.2, -0.15) is 4.31 Å². The number of nitrogens with zero attached hydrogens (tertiary/aromatic N) is 2. The van der Waals surface area contributed by atoms with Gasteiger partial charge in [0.2, 0.25) is 10.0 Å². The van der Waals surface area contributed by atoms with Crippen molar-refractivity contribution in [1.82, 2.24) is 4.31 Å². The fourth-order valence-corrected chi connectivity index (χ4v) is 5.81. The van der Waals surface area contributed by atoms with Crippen molar-refractivity contribution in [2.45, 2.75) is 43.9 Å². The molecule has 2 heterocycles. The summed E-state index contributed by atoms with van der Waals surface area (Å²) < 4.78 is 27.5. The topological polar surface area (TPSA) is 57.7 Å². The van der Waals surface area contributed by atoms with Gasteiger partial charge in [-0.1, -0.05) is 30.7 Å². The molecule has 1 fully saturated rings. The summed E-state index contributed by atoms with van der Waals surface area (Å²) in [5.41, 5.74) is 3.65. The number of hydrogen-bond donors (Lipinski definition) is 0. The van der Waals surface area contributed by atoms with Crippen LogP contribution in [0.25, 0.3) is 0 Å². The summed E-state index contributed by atoms with van der Waals surface area (Å²) in [4.78, 5) is 15.3. The molecular weight excluding hydrogens is 372 g/mol. The first kappa shape index (κ1) is 19.2. The fourth-order valence-electron chi connectivity index (χ4n) is 4.25. The Morgan fingerprint density at radius 3 is 2.46 bits per heavy atom. The lowest BCUT2D eigenvalue weighted by molar-refractivity contribution is 0.0984. The zero-order valence-corrected chi connectivity index (χ0v) is 17.0. The third-order valence-corrected chi connectivity index (χ3v) is 7.59. The predicted molar refractivity (Wildman–Crippen MR) is 110 cm³/mol. The minimum atomic E-state index is -3.55. The van der Waals surface area contributed by atoms with Gasteiger partial charge in [0.25, 0.3) is 5.91 Å². The van der Waals surface area contributed by atoms with E-state index in [9.17, 15) is 13.2 Å². The van der Waals surface area contributed by atoms with E-state index in [1.165, 1.54) is 5.56 Å². The van der Waals surface area contributed by atoms with Crippen LogP contribution >= 0.6 is 0 Å². The molecule has 4 rings (SSSR count). The zero-order chi connectivity index (χ0) is 19.7. The molecular formula is C22H26N2O3S. The molecule has 0 radical (unpaired) electrons. The molecule has 28 heavy (non-hydrogen) atoms. The number of carbonyl (C=O) groups excluding carboxylic acids is 1. The molecule has 1 amide bonds. The second kappa shape index (κ2) is 7.68. The van der Waals surface area contributed by atoms with Gasteiger partial charge in [-0.15, -0.1) is 0 Å². The van der Waals surface area contributed by atoms with Gasteiger partial charge in [-0.25, -0.2) is 8.42 Å². The third-order valence-electron chi connectivity index (χ3n) is 5.70. The maximum absolute atomic E-state index is 13.3. The Bertz CT molecular complexity index is 995. The van der Waals surface area contributed by atoms with Crippen LogP contribution in [0.3, 0.4) is 0 Å². The van der Waals surface area contributed by atoms with Crippen molar-refractivity contribution in [1.29, 1.82) is 0 Å². The minimum absolute atomic E-state index is 0.133. The van der Waals surface area contributed by atoms with Crippen molar-refractivity contribution in [3.8, 4) is 0 Å². The summed E-state index contributed by atoms with van der Waals surface area (Å²) in [5, 5.41) is 0. The smallest absolute Gasteiger partial charge is 0.258 e. The Labute approximate surface area is 167 Å². The van der Waals surface area contributed by atoms with Crippen LogP contribution in [0.15, 0.2) is 47.4 Å². The molecule has 0 atom stereocenters. The van der Waals surface area contributed by atoms with E-state index in [1.807, 2.05) is 19.1 Å². The van der Waals surface area contributed by atoms with E-state index in [0.717, 1.165) is 43.4 Å². The van der Waals surface area contributed by atoms with Crippen LogP contribution in [-0.4, -0.2) is 38.3 Å². The summed E-state index contributed by atoms with van der Waals surface area (Å²) in [6, 6.07) is 12.6. The van der Waals surface area contributed by atoms with E-state index in [2.05, 4.69) is 6.07 Å². The summed E-state index contributed by atoms with van der Waals surface area (Å²) >= 11 is 0. The summed E-state index contributed by atoms with van der Waals surface area (Å²) in [7, 11) is -3.55. The van der Waals surface area contributed by atoms with Crippen molar-refractivity contribution in [2.75, 3.05) is 24.5 Å². The van der Waals surface area contributed by atoms with Gasteiger partial charge in [0.15, 0.2) is 0 Å². The summed E-state index contributed by atoms with van der Waals surface area (Å²) in [6.07, 6.45) is 4.72. The number of anilines is 1. The molecule has 0 aromatic heterocycles. The van der Waals surface area contributed by atoms with Crippen LogP contribution in [0.5, 0.6) is 0 Å². The molecule has 5 nitrogen and oxygen atoms in total. The maximum atomic E-state index is 13.3. The van der Waals surface area contributed by atoms with Gasteiger partial charge in [0, 0.05) is 25.2 Å². The average Bonchev–Trinajstić information content (AvgIpc) is 2.74. The molecule has 0 saturated carbocycles. The third kappa shape index (κ3) is 3.47. The Balaban J connectivity index is 1.67. The minimum Gasteiger partial charge on any atom is -0.308 e. The molecule has 1 saturated heterocycles. The molecule has 2 aromatic carbocycles. The van der Waals surface area contributed by atoms with E-state index in [1.54, 1.807) is 33.5 Å². The molecule has 0 bridgehead atoms. The highest BCUT2D eigenvalue weighted by Gasteiger charge is 2.29. The number of benzene rings is 2. The Kier molecular flexibility index (Phi) is 5.25. The lowest BCUT2D eigenvalue weighted by Gasteiger charge is -2.31. The van der Waals surface area contributed by atoms with Crippen LogP contribution < -0.4 is 4.90 Å². The Morgan fingerprint density at radius 2 is 1.68 bits per heavy atom. The number of carbonyl (C=O) groups is 1. The van der Waals surface area contributed by atoms with Gasteiger partial charge in [-0.05, 0) is 61.9 Å². The predicted octanol–water partition coefficient (Wildman–Crippen LogP) is 3.76. The standard InChI is InChI=1S/C22H26N2O3S/c1-17-8-5-9-18-11-7-15-24(21(17)18)22(25)19-10-6-12-20(16-19)28(26,27)23-13-3-2-4-14-23/h5-6,8-10,12,16H,2-4,7,11,13-15H2,1H3. The van der Waals surface area contributed by atoms with Crippen LogP contribution in [0.2, 0.25) is 0 Å². The van der Waals surface area contributed by atoms with Crippen LogP contribution in [0, 0.1) is 6.92 Å². The van der Waals surface area contributed by atoms with Gasteiger partial charge in [-0.3, -0.25) is 4.79 Å². The normalized spacial score (nSPS) is 18.0. The van der Waals surface area contributed by atoms with Crippen LogP contribution in [-0.2, 0) is 16.4 Å². The molecule has 2 aromatic rings. The number of aryl methyl sites for hydroxylation is 2. The first-order valence-corrected chi connectivity index (χ1v) is 11.4. The van der Waals surface area contributed by atoms with Crippen molar-refractivity contribution in [3.63, 3.8) is 0 Å². The summed E-state index contributed by atoms with van der Waals surface area (Å²) in [5.74, 6) is -0.133. The van der Waals surface area contributed by atoms with Gasteiger partial charge >= 0.3 is 0 Å². The summed E-state index contributed by atoms with van der Waals surface area (Å²) in [6.45, 7) is 3.78. The van der Waals surface area contributed by atoms with Crippen molar-refractivity contribution >= 4 is 21.6 Å². The van der Waals surface area contributed by atoms with Gasteiger partial charge in [0.05, 0.1) is 10.6 Å². The zero-order valence-electron chi connectivity index (χ0n) is 16.2. The van der Waals surface area contributed by atoms with Crippen molar-refractivity contribution in [3.05, 3.63) is 59.2 Å². The first-order chi connectivity index (χ1) is 13.5. The van der Waals surface area contributed by atoms with E-state index in [0.29, 0.717) is 25.2 Å². The maximum Gasteiger partial charge on any atom is 0.258 e. The van der Waals surface area contributed by atoms with E-state index < -0.39 is 10.0 Å². The Hall–Kier alpha value is -2.18. The monoisotopic (exact) mass is 398 g/mol. The van der Waals surface area contributed by atoms with E-state index in [-0.39, 0.29) is 10.8 Å². The average molecular weight is 399 g/mol. The molecule has 0 aliphatic carbocycles. The second-order valence-corrected chi connectivity index (χ2v) is 9.57. The number of piperidine rings is 1. The molecule has 2 aliphatic rings. The number of rotatable bonds is 3. The molecule has 0 unspecified atom stereocenters. The molecule has 148 valence electrons. The highest BCUT2D eigenvalue weighted by Crippen LogP contribution is 2.32. The van der Waals surface area contributed by atoms with Crippen LogP contribution in [0.1, 0.15) is 47.2 Å². The van der Waals surface area contributed by atoms with E-state index >= 15 is 0 Å². The molecule has 0 spiro atoms. The van der Waals surface area contributed by atoms with Crippen molar-refractivity contribution in [2.24, 2.45) is 0 Å². The Morgan fingerprint density at radius 1 is 0.929 bits per heavy atom. The fraction of sp³-hybridized carbons (Fsp3) is 0.409. The van der Waals surface area contributed by atoms with Crippen LogP contribution in [0.4, 0.5) is 5.69 Å². The first-order valence-electron chi connectivity index (χ1n) is 9.99. The largest absolute Gasteiger partial charge is 0.308 e. The van der Waals surface area contributed by atoms with Gasteiger partial charge < -0.3 is 4.90 Å². The van der Waals surface area contributed by atoms with Gasteiger partial charge in [0.1, 0.15) is 0 Å². The lowest BCUT2D eigenvalue weighted by Crippen LogP contribution is -2.37. The molecule has 0 N–H and O–H groups in total. The van der Waals surface area contributed by atoms with Crippen molar-refractivity contribution < 1.29 is 13.2 Å². The lowest BCUT2D eigenvalue weighted by atomic mass is 9.97. The highest BCUT2D eigenvalue weighted by molar-refractivity contribution is 7.89. The number of para-hydroxylation sites is 1. The number of hydrogen-bond acceptors (Lipinski definition) is 3. The molecule has 6 heteroatoms. The second-order valence-electron chi connectivity index (χ2n) is 7.64. The number of fused-ring (bicyclic) bond motifs is 1.